The molecule has 0 aromatic rings. The first kappa shape index (κ1) is 10.6. The summed E-state index contributed by atoms with van der Waals surface area (Å²) in [5.41, 5.74) is 0. The number of cyclic esters (lactones) is 1. The Morgan fingerprint density at radius 2 is 2.00 bits per heavy atom. The van der Waals surface area contributed by atoms with Crippen molar-refractivity contribution in [2.75, 3.05) is 26.2 Å². The second-order valence-electron chi connectivity index (χ2n) is 4.94. The van der Waals surface area contributed by atoms with E-state index in [0.29, 0.717) is 19.6 Å². The Morgan fingerprint density at radius 1 is 1.29 bits per heavy atom. The van der Waals surface area contributed by atoms with E-state index in [4.69, 9.17) is 0 Å². The summed E-state index contributed by atoms with van der Waals surface area (Å²) in [4.78, 5) is 37.1. The summed E-state index contributed by atoms with van der Waals surface area (Å²) in [6.07, 6.45) is 1.47. The molecule has 6 heteroatoms. The van der Waals surface area contributed by atoms with Crippen LogP contribution >= 0.6 is 0 Å². The van der Waals surface area contributed by atoms with Gasteiger partial charge in [-0.1, -0.05) is 0 Å². The first-order valence-corrected chi connectivity index (χ1v) is 5.91. The number of imide groups is 1. The Morgan fingerprint density at radius 3 is 2.53 bits per heavy atom. The number of hydrogen-bond donors (Lipinski definition) is 0. The lowest BCUT2D eigenvalue weighted by molar-refractivity contribution is -0.139. The second-order valence-corrected chi connectivity index (χ2v) is 4.94. The number of carbonyl (C=O) groups excluding carboxylic acids is 3. The van der Waals surface area contributed by atoms with E-state index in [1.807, 2.05) is 4.90 Å². The summed E-state index contributed by atoms with van der Waals surface area (Å²) in [7, 11) is 0. The van der Waals surface area contributed by atoms with Gasteiger partial charge in [-0.05, 0) is 12.8 Å². The van der Waals surface area contributed by atoms with Gasteiger partial charge in [0.15, 0.2) is 6.61 Å². The van der Waals surface area contributed by atoms with E-state index in [1.165, 1.54) is 0 Å². The van der Waals surface area contributed by atoms with Crippen LogP contribution < -0.4 is 0 Å². The van der Waals surface area contributed by atoms with Crippen LogP contribution in [0.4, 0.5) is 4.79 Å². The van der Waals surface area contributed by atoms with Crippen molar-refractivity contribution in [2.24, 2.45) is 11.8 Å². The Balaban J connectivity index is 1.47. The highest BCUT2D eigenvalue weighted by Gasteiger charge is 2.41. The molecule has 0 unspecified atom stereocenters. The van der Waals surface area contributed by atoms with Crippen LogP contribution in [-0.2, 0) is 14.3 Å². The zero-order valence-electron chi connectivity index (χ0n) is 9.42. The molecular weight excluding hydrogens is 224 g/mol. The van der Waals surface area contributed by atoms with E-state index < -0.39 is 6.09 Å². The molecule has 3 rings (SSSR count). The molecule has 1 saturated carbocycles. The molecule has 2 aliphatic heterocycles. The van der Waals surface area contributed by atoms with Gasteiger partial charge >= 0.3 is 6.09 Å². The van der Waals surface area contributed by atoms with Crippen molar-refractivity contribution >= 4 is 17.9 Å². The first-order chi connectivity index (χ1) is 8.15. The van der Waals surface area contributed by atoms with Gasteiger partial charge in [0.25, 0.3) is 5.91 Å². The minimum Gasteiger partial charge on any atom is -0.439 e. The van der Waals surface area contributed by atoms with Crippen LogP contribution in [0.2, 0.25) is 0 Å². The average molecular weight is 238 g/mol. The number of hydrogen-bond acceptors (Lipinski definition) is 4. The van der Waals surface area contributed by atoms with Crippen molar-refractivity contribution in [2.45, 2.75) is 12.8 Å². The first-order valence-electron chi connectivity index (χ1n) is 5.91. The predicted octanol–water partition coefficient (Wildman–Crippen LogP) is -0.166. The lowest BCUT2D eigenvalue weighted by Crippen LogP contribution is -2.54. The molecule has 0 aromatic heterocycles. The quantitative estimate of drug-likeness (QED) is 0.685. The number of carbonyl (C=O) groups is 3. The Bertz CT molecular complexity index is 369. The number of ether oxygens (including phenoxy) is 1. The maximum absolute atomic E-state index is 11.7. The third-order valence-electron chi connectivity index (χ3n) is 3.48. The lowest BCUT2D eigenvalue weighted by atomic mass is 9.99. The predicted molar refractivity (Wildman–Crippen MR) is 55.9 cm³/mol. The number of amides is 3. The second kappa shape index (κ2) is 3.72. The van der Waals surface area contributed by atoms with Gasteiger partial charge in [0, 0.05) is 31.5 Å². The van der Waals surface area contributed by atoms with Crippen molar-refractivity contribution < 1.29 is 19.1 Å². The summed E-state index contributed by atoms with van der Waals surface area (Å²) in [6, 6.07) is 0. The molecule has 3 amide bonds. The third-order valence-corrected chi connectivity index (χ3v) is 3.48. The van der Waals surface area contributed by atoms with E-state index in [1.54, 1.807) is 0 Å². The number of nitrogens with zero attached hydrogens (tertiary/aromatic N) is 2. The minimum atomic E-state index is -0.554. The van der Waals surface area contributed by atoms with Crippen molar-refractivity contribution in [3.63, 3.8) is 0 Å². The van der Waals surface area contributed by atoms with Crippen molar-refractivity contribution in [1.29, 1.82) is 0 Å². The van der Waals surface area contributed by atoms with Crippen molar-refractivity contribution in [3.8, 4) is 0 Å². The molecular formula is C11H14N2O4. The standard InChI is InChI=1S/C11H14N2O4/c14-9-6-17-11(16)13(9)5-7-3-12(4-7)10(15)8-1-2-8/h7-8H,1-6H2. The number of rotatable bonds is 3. The van der Waals surface area contributed by atoms with Gasteiger partial charge in [0.2, 0.25) is 5.91 Å². The third kappa shape index (κ3) is 1.87. The molecule has 3 fully saturated rings. The van der Waals surface area contributed by atoms with Gasteiger partial charge in [-0.3, -0.25) is 9.59 Å². The van der Waals surface area contributed by atoms with Gasteiger partial charge in [0.05, 0.1) is 0 Å². The molecule has 2 heterocycles. The highest BCUT2D eigenvalue weighted by atomic mass is 16.6. The van der Waals surface area contributed by atoms with Crippen LogP contribution in [0, 0.1) is 11.8 Å². The fraction of sp³-hybridized carbons (Fsp3) is 0.727. The van der Waals surface area contributed by atoms with E-state index in [9.17, 15) is 14.4 Å². The molecule has 0 aromatic carbocycles. The summed E-state index contributed by atoms with van der Waals surface area (Å²) < 4.78 is 4.63. The maximum Gasteiger partial charge on any atom is 0.417 e. The van der Waals surface area contributed by atoms with E-state index in [2.05, 4.69) is 4.74 Å². The molecule has 1 aliphatic carbocycles. The Kier molecular flexibility index (Phi) is 2.31. The molecule has 17 heavy (non-hydrogen) atoms. The molecule has 0 N–H and O–H groups in total. The van der Waals surface area contributed by atoms with Crippen LogP contribution in [-0.4, -0.2) is 53.9 Å². The Labute approximate surface area is 98.5 Å². The minimum absolute atomic E-state index is 0.143. The summed E-state index contributed by atoms with van der Waals surface area (Å²) in [5, 5.41) is 0. The SMILES string of the molecule is O=C(C1CC1)N1CC(CN2C(=O)COC2=O)C1. The van der Waals surface area contributed by atoms with Crippen LogP contribution in [0.5, 0.6) is 0 Å². The van der Waals surface area contributed by atoms with Gasteiger partial charge in [-0.25, -0.2) is 9.69 Å². The average Bonchev–Trinajstić information content (AvgIpc) is 3.02. The van der Waals surface area contributed by atoms with Crippen molar-refractivity contribution in [1.82, 2.24) is 9.80 Å². The monoisotopic (exact) mass is 238 g/mol. The summed E-state index contributed by atoms with van der Waals surface area (Å²) in [5.74, 6) is 0.417. The summed E-state index contributed by atoms with van der Waals surface area (Å²) in [6.45, 7) is 1.56. The lowest BCUT2D eigenvalue weighted by Gasteiger charge is -2.40. The molecule has 2 saturated heterocycles. The zero-order chi connectivity index (χ0) is 12.0. The van der Waals surface area contributed by atoms with E-state index >= 15 is 0 Å². The smallest absolute Gasteiger partial charge is 0.417 e. The normalized spacial score (nSPS) is 24.9. The zero-order valence-corrected chi connectivity index (χ0v) is 9.42. The highest BCUT2D eigenvalue weighted by Crippen LogP contribution is 2.33. The largest absolute Gasteiger partial charge is 0.439 e. The van der Waals surface area contributed by atoms with Gasteiger partial charge < -0.3 is 9.64 Å². The van der Waals surface area contributed by atoms with Crippen LogP contribution in [0.1, 0.15) is 12.8 Å². The molecule has 0 radical (unpaired) electrons. The van der Waals surface area contributed by atoms with Crippen LogP contribution in [0.15, 0.2) is 0 Å². The maximum atomic E-state index is 11.7. The molecule has 0 spiro atoms. The molecule has 0 atom stereocenters. The molecule has 3 aliphatic rings. The molecule has 92 valence electrons. The Hall–Kier alpha value is -1.59. The van der Waals surface area contributed by atoms with Crippen LogP contribution in [0.3, 0.4) is 0 Å². The van der Waals surface area contributed by atoms with Gasteiger partial charge in [0.1, 0.15) is 0 Å². The molecule has 0 bridgehead atoms. The van der Waals surface area contributed by atoms with E-state index in [0.717, 1.165) is 17.7 Å². The topological polar surface area (TPSA) is 66.9 Å². The van der Waals surface area contributed by atoms with Gasteiger partial charge in [-0.2, -0.15) is 0 Å². The van der Waals surface area contributed by atoms with Crippen molar-refractivity contribution in [3.05, 3.63) is 0 Å². The van der Waals surface area contributed by atoms with E-state index in [-0.39, 0.29) is 30.3 Å². The summed E-state index contributed by atoms with van der Waals surface area (Å²) >= 11 is 0. The molecule has 6 nitrogen and oxygen atoms in total. The fourth-order valence-corrected chi connectivity index (χ4v) is 2.27. The van der Waals surface area contributed by atoms with Crippen LogP contribution in [0.25, 0.3) is 0 Å². The highest BCUT2D eigenvalue weighted by molar-refractivity contribution is 5.97. The van der Waals surface area contributed by atoms with Gasteiger partial charge in [-0.15, -0.1) is 0 Å². The fourth-order valence-electron chi connectivity index (χ4n) is 2.27. The number of likely N-dealkylation sites (tertiary alicyclic amines) is 1.